The average Bonchev–Trinajstić information content (AvgIpc) is 2.40. The molecule has 0 saturated carbocycles. The Balaban J connectivity index is 1.94. The summed E-state index contributed by atoms with van der Waals surface area (Å²) >= 11 is 0. The Hall–Kier alpha value is -0.980. The van der Waals surface area contributed by atoms with Crippen LogP contribution in [0.25, 0.3) is 0 Å². The number of nitrogens with one attached hydrogen (secondary N) is 1. The van der Waals surface area contributed by atoms with Crippen molar-refractivity contribution in [2.24, 2.45) is 5.92 Å². The number of benzene rings is 1. The maximum absolute atomic E-state index is 13.7. The van der Waals surface area contributed by atoms with Gasteiger partial charge in [-0.25, -0.2) is 17.1 Å². The molecule has 0 unspecified atom stereocenters. The third kappa shape index (κ3) is 4.25. The van der Waals surface area contributed by atoms with Gasteiger partial charge in [0.1, 0.15) is 5.82 Å². The molecule has 0 aromatic heterocycles. The molecule has 0 radical (unpaired) electrons. The normalized spacial score (nSPS) is 24.2. The first-order valence-corrected chi connectivity index (χ1v) is 9.05. The number of nitrogens with zero attached hydrogens (tertiary/aromatic N) is 1. The first-order chi connectivity index (χ1) is 9.77. The molecule has 1 aliphatic rings. The fraction of sp³-hybridized carbons (Fsp3) is 0.600. The standard InChI is InChI=1S/C15H23FN2O2S/c1-11-4-5-14(16)13(8-11)9-17-15-6-7-18(10-12(15)2)21(3,19)20/h4-5,8,12,15,17H,6-7,9-10H2,1-3H3/t12-,15+/m0/s1. The Kier molecular flexibility index (Phi) is 5.01. The lowest BCUT2D eigenvalue weighted by Gasteiger charge is -2.36. The zero-order chi connectivity index (χ0) is 15.6. The first-order valence-electron chi connectivity index (χ1n) is 7.21. The van der Waals surface area contributed by atoms with Gasteiger partial charge in [0.05, 0.1) is 6.26 Å². The molecule has 1 aromatic rings. The van der Waals surface area contributed by atoms with Gasteiger partial charge in [-0.2, -0.15) is 0 Å². The quantitative estimate of drug-likeness (QED) is 0.923. The van der Waals surface area contributed by atoms with Gasteiger partial charge in [0.25, 0.3) is 0 Å². The summed E-state index contributed by atoms with van der Waals surface area (Å²) in [6.45, 7) is 5.49. The zero-order valence-electron chi connectivity index (χ0n) is 12.8. The van der Waals surface area contributed by atoms with Crippen molar-refractivity contribution >= 4 is 10.0 Å². The highest BCUT2D eigenvalue weighted by molar-refractivity contribution is 7.88. The van der Waals surface area contributed by atoms with E-state index in [1.807, 2.05) is 19.9 Å². The molecule has 118 valence electrons. The largest absolute Gasteiger partial charge is 0.309 e. The van der Waals surface area contributed by atoms with E-state index < -0.39 is 10.0 Å². The molecule has 1 heterocycles. The van der Waals surface area contributed by atoms with Gasteiger partial charge in [0.15, 0.2) is 0 Å². The minimum absolute atomic E-state index is 0.200. The smallest absolute Gasteiger partial charge is 0.211 e. The van der Waals surface area contributed by atoms with Crippen molar-refractivity contribution in [3.8, 4) is 0 Å². The Morgan fingerprint density at radius 1 is 1.43 bits per heavy atom. The molecule has 6 heteroatoms. The minimum atomic E-state index is -3.12. The summed E-state index contributed by atoms with van der Waals surface area (Å²) in [6.07, 6.45) is 2.00. The number of sulfonamides is 1. The van der Waals surface area contributed by atoms with Crippen LogP contribution in [0.2, 0.25) is 0 Å². The van der Waals surface area contributed by atoms with E-state index in [1.165, 1.54) is 16.6 Å². The van der Waals surface area contributed by atoms with Crippen LogP contribution in [0.5, 0.6) is 0 Å². The highest BCUT2D eigenvalue weighted by Gasteiger charge is 2.30. The average molecular weight is 314 g/mol. The van der Waals surface area contributed by atoms with Crippen LogP contribution in [0.3, 0.4) is 0 Å². The van der Waals surface area contributed by atoms with E-state index in [0.29, 0.717) is 25.2 Å². The monoisotopic (exact) mass is 314 g/mol. The van der Waals surface area contributed by atoms with Gasteiger partial charge in [0, 0.05) is 31.2 Å². The Bertz CT molecular complexity index is 604. The van der Waals surface area contributed by atoms with Crippen LogP contribution >= 0.6 is 0 Å². The van der Waals surface area contributed by atoms with E-state index in [0.717, 1.165) is 12.0 Å². The fourth-order valence-electron chi connectivity index (χ4n) is 2.79. The molecule has 21 heavy (non-hydrogen) atoms. The van der Waals surface area contributed by atoms with Gasteiger partial charge < -0.3 is 5.32 Å². The van der Waals surface area contributed by atoms with Crippen molar-refractivity contribution in [2.75, 3.05) is 19.3 Å². The molecule has 0 amide bonds. The second kappa shape index (κ2) is 6.42. The Morgan fingerprint density at radius 3 is 2.76 bits per heavy atom. The third-order valence-corrected chi connectivity index (χ3v) is 5.36. The first kappa shape index (κ1) is 16.4. The van der Waals surface area contributed by atoms with Gasteiger partial charge in [-0.15, -0.1) is 0 Å². The number of hydrogen-bond acceptors (Lipinski definition) is 3. The van der Waals surface area contributed by atoms with E-state index in [-0.39, 0.29) is 17.8 Å². The fourth-order valence-corrected chi connectivity index (χ4v) is 3.73. The van der Waals surface area contributed by atoms with Gasteiger partial charge in [-0.1, -0.05) is 24.6 Å². The van der Waals surface area contributed by atoms with Crippen LogP contribution in [0.4, 0.5) is 4.39 Å². The van der Waals surface area contributed by atoms with Gasteiger partial charge >= 0.3 is 0 Å². The highest BCUT2D eigenvalue weighted by Crippen LogP contribution is 2.20. The van der Waals surface area contributed by atoms with Crippen molar-refractivity contribution in [1.29, 1.82) is 0 Å². The number of aryl methyl sites for hydroxylation is 1. The van der Waals surface area contributed by atoms with E-state index >= 15 is 0 Å². The molecule has 1 saturated heterocycles. The van der Waals surface area contributed by atoms with E-state index in [9.17, 15) is 12.8 Å². The van der Waals surface area contributed by atoms with E-state index in [4.69, 9.17) is 0 Å². The predicted molar refractivity (Wildman–Crippen MR) is 82.0 cm³/mol. The maximum atomic E-state index is 13.7. The van der Waals surface area contributed by atoms with Gasteiger partial charge in [0.2, 0.25) is 10.0 Å². The lowest BCUT2D eigenvalue weighted by Crippen LogP contribution is -2.49. The van der Waals surface area contributed by atoms with Crippen molar-refractivity contribution in [2.45, 2.75) is 32.9 Å². The molecule has 0 spiro atoms. The maximum Gasteiger partial charge on any atom is 0.211 e. The molecule has 2 rings (SSSR count). The number of rotatable bonds is 4. The van der Waals surface area contributed by atoms with Gasteiger partial charge in [-0.05, 0) is 25.3 Å². The summed E-state index contributed by atoms with van der Waals surface area (Å²) in [6, 6.07) is 5.30. The van der Waals surface area contributed by atoms with Crippen molar-refractivity contribution < 1.29 is 12.8 Å². The SMILES string of the molecule is Cc1ccc(F)c(CN[C@@H]2CCN(S(C)(=O)=O)C[C@@H]2C)c1. The molecule has 1 N–H and O–H groups in total. The summed E-state index contributed by atoms with van der Waals surface area (Å²) in [5.74, 6) is 0.00988. The number of hydrogen-bond donors (Lipinski definition) is 1. The lowest BCUT2D eigenvalue weighted by atomic mass is 9.95. The molecule has 1 aliphatic heterocycles. The molecule has 2 atom stereocenters. The van der Waals surface area contributed by atoms with Crippen LogP contribution in [-0.4, -0.2) is 38.1 Å². The van der Waals surface area contributed by atoms with Crippen LogP contribution in [0.15, 0.2) is 18.2 Å². The van der Waals surface area contributed by atoms with Gasteiger partial charge in [-0.3, -0.25) is 0 Å². The highest BCUT2D eigenvalue weighted by atomic mass is 32.2. The predicted octanol–water partition coefficient (Wildman–Crippen LogP) is 1.89. The van der Waals surface area contributed by atoms with Crippen LogP contribution in [0.1, 0.15) is 24.5 Å². The minimum Gasteiger partial charge on any atom is -0.309 e. The van der Waals surface area contributed by atoms with Crippen LogP contribution in [0, 0.1) is 18.7 Å². The van der Waals surface area contributed by atoms with Crippen molar-refractivity contribution in [3.05, 3.63) is 35.1 Å². The summed E-state index contributed by atoms with van der Waals surface area (Å²) in [7, 11) is -3.12. The van der Waals surface area contributed by atoms with Crippen LogP contribution in [-0.2, 0) is 16.6 Å². The van der Waals surface area contributed by atoms with Crippen molar-refractivity contribution in [1.82, 2.24) is 9.62 Å². The number of piperidine rings is 1. The van der Waals surface area contributed by atoms with E-state index in [2.05, 4.69) is 5.32 Å². The molecule has 0 aliphatic carbocycles. The Morgan fingerprint density at radius 2 is 2.14 bits per heavy atom. The second-order valence-corrected chi connectivity index (χ2v) is 7.95. The molecule has 1 aromatic carbocycles. The lowest BCUT2D eigenvalue weighted by molar-refractivity contribution is 0.219. The summed E-state index contributed by atoms with van der Waals surface area (Å²) < 4.78 is 38.3. The molecule has 4 nitrogen and oxygen atoms in total. The molecule has 0 bridgehead atoms. The van der Waals surface area contributed by atoms with E-state index in [1.54, 1.807) is 6.07 Å². The number of halogens is 1. The molecular weight excluding hydrogens is 291 g/mol. The third-order valence-electron chi connectivity index (χ3n) is 4.09. The summed E-state index contributed by atoms with van der Waals surface area (Å²) in [4.78, 5) is 0. The second-order valence-electron chi connectivity index (χ2n) is 5.97. The van der Waals surface area contributed by atoms with Crippen LogP contribution < -0.4 is 5.32 Å². The summed E-state index contributed by atoms with van der Waals surface area (Å²) in [5, 5.41) is 3.37. The summed E-state index contributed by atoms with van der Waals surface area (Å²) in [5.41, 5.74) is 1.70. The Labute approximate surface area is 126 Å². The van der Waals surface area contributed by atoms with Crippen molar-refractivity contribution in [3.63, 3.8) is 0 Å². The zero-order valence-corrected chi connectivity index (χ0v) is 13.6. The topological polar surface area (TPSA) is 49.4 Å². The molecular formula is C15H23FN2O2S. The molecule has 1 fully saturated rings.